The highest BCUT2D eigenvalue weighted by molar-refractivity contribution is 7.80. The molecule has 6 nitrogen and oxygen atoms in total. The largest absolute Gasteiger partial charge is 0.397 e. The summed E-state index contributed by atoms with van der Waals surface area (Å²) in [6, 6.07) is 0. The Morgan fingerprint density at radius 3 is 2.46 bits per heavy atom. The van der Waals surface area contributed by atoms with Gasteiger partial charge < -0.3 is 10.2 Å². The molecule has 35 heavy (non-hydrogen) atoms. The second kappa shape index (κ2) is 9.23. The van der Waals surface area contributed by atoms with Crippen LogP contribution >= 0.6 is 0 Å². The highest BCUT2D eigenvalue weighted by Gasteiger charge is 2.65. The summed E-state index contributed by atoms with van der Waals surface area (Å²) in [5.41, 5.74) is 0.797. The Bertz CT molecular complexity index is 972. The molecular weight excluding hydrogens is 464 g/mol. The standard InChI is InChI=1S/C28H46O6S/c1-17(2)18(3)7-8-19(4)22-9-10-23-21-15-25(29)28(30)16-20(34-35(31,32)33)11-14-27(28,6)24(21)12-13-26(22,23)5/h15,17,19-20,22-25,29-30H,3,7-14,16H2,1-2,4-6H3,(H,31,32,33). The Morgan fingerprint density at radius 2 is 1.83 bits per heavy atom. The van der Waals surface area contributed by atoms with E-state index in [1.165, 1.54) is 24.0 Å². The highest BCUT2D eigenvalue weighted by atomic mass is 32.3. The molecule has 0 spiro atoms. The number of fused-ring (bicyclic) bond motifs is 5. The topological polar surface area (TPSA) is 104 Å². The van der Waals surface area contributed by atoms with Crippen molar-refractivity contribution in [2.75, 3.05) is 0 Å². The summed E-state index contributed by atoms with van der Waals surface area (Å²) in [7, 11) is -4.61. The minimum absolute atomic E-state index is 0.00787. The molecule has 0 aromatic carbocycles. The van der Waals surface area contributed by atoms with E-state index in [1.807, 2.05) is 6.08 Å². The zero-order valence-corrected chi connectivity index (χ0v) is 23.0. The van der Waals surface area contributed by atoms with Crippen LogP contribution in [0, 0.1) is 40.4 Å². The van der Waals surface area contributed by atoms with Crippen LogP contribution in [0.4, 0.5) is 0 Å². The van der Waals surface area contributed by atoms with Gasteiger partial charge >= 0.3 is 10.4 Å². The normalized spacial score (nSPS) is 44.3. The first-order valence-electron chi connectivity index (χ1n) is 13.6. The van der Waals surface area contributed by atoms with Gasteiger partial charge in [-0.05, 0) is 86.4 Å². The van der Waals surface area contributed by atoms with E-state index >= 15 is 0 Å². The number of hydrogen-bond donors (Lipinski definition) is 3. The summed E-state index contributed by atoms with van der Waals surface area (Å²) >= 11 is 0. The van der Waals surface area contributed by atoms with Gasteiger partial charge in [-0.15, -0.1) is 0 Å². The first-order chi connectivity index (χ1) is 16.1. The van der Waals surface area contributed by atoms with Crippen LogP contribution in [0.15, 0.2) is 23.8 Å². The van der Waals surface area contributed by atoms with Crippen molar-refractivity contribution in [1.29, 1.82) is 0 Å². The Kier molecular flexibility index (Phi) is 7.20. The van der Waals surface area contributed by atoms with Gasteiger partial charge in [0.1, 0.15) is 11.7 Å². The predicted octanol–water partition coefficient (Wildman–Crippen LogP) is 5.47. The lowest BCUT2D eigenvalue weighted by molar-refractivity contribution is -0.208. The maximum atomic E-state index is 11.8. The maximum Gasteiger partial charge on any atom is 0.397 e. The third kappa shape index (κ3) is 4.58. The summed E-state index contributed by atoms with van der Waals surface area (Å²) in [5.74, 6) is 2.35. The molecule has 0 amide bonds. The molecule has 0 aromatic heterocycles. The molecule has 9 unspecified atom stereocenters. The molecule has 4 aliphatic carbocycles. The third-order valence-electron chi connectivity index (χ3n) is 11.0. The first kappa shape index (κ1) is 27.3. The van der Waals surface area contributed by atoms with Gasteiger partial charge in [0.15, 0.2) is 0 Å². The van der Waals surface area contributed by atoms with Gasteiger partial charge in [0, 0.05) is 11.8 Å². The van der Waals surface area contributed by atoms with Gasteiger partial charge in [-0.2, -0.15) is 8.42 Å². The zero-order valence-electron chi connectivity index (χ0n) is 22.2. The first-order valence-corrected chi connectivity index (χ1v) is 14.9. The molecule has 0 bridgehead atoms. The van der Waals surface area contributed by atoms with E-state index in [0.717, 1.165) is 25.7 Å². The third-order valence-corrected chi connectivity index (χ3v) is 11.5. The van der Waals surface area contributed by atoms with Gasteiger partial charge in [0.05, 0.1) is 6.10 Å². The summed E-state index contributed by atoms with van der Waals surface area (Å²) in [6.07, 6.45) is 7.58. The Labute approximate surface area is 212 Å². The zero-order chi connectivity index (χ0) is 26.0. The van der Waals surface area contributed by atoms with E-state index in [1.54, 1.807) is 0 Å². The lowest BCUT2D eigenvalue weighted by Gasteiger charge is -2.62. The Morgan fingerprint density at radius 1 is 1.14 bits per heavy atom. The van der Waals surface area contributed by atoms with Crippen molar-refractivity contribution in [2.45, 2.75) is 110 Å². The fourth-order valence-electron chi connectivity index (χ4n) is 8.66. The molecule has 0 radical (unpaired) electrons. The van der Waals surface area contributed by atoms with Crippen LogP contribution in [-0.4, -0.2) is 41.0 Å². The monoisotopic (exact) mass is 510 g/mol. The van der Waals surface area contributed by atoms with Crippen LogP contribution in [0.3, 0.4) is 0 Å². The van der Waals surface area contributed by atoms with E-state index in [4.69, 9.17) is 8.74 Å². The van der Waals surface area contributed by atoms with Gasteiger partial charge in [-0.3, -0.25) is 4.55 Å². The molecule has 9 atom stereocenters. The minimum atomic E-state index is -4.61. The molecule has 3 saturated carbocycles. The van der Waals surface area contributed by atoms with Crippen molar-refractivity contribution >= 4 is 10.4 Å². The second-order valence-electron chi connectivity index (χ2n) is 13.0. The second-order valence-corrected chi connectivity index (χ2v) is 14.1. The van der Waals surface area contributed by atoms with E-state index in [-0.39, 0.29) is 17.8 Å². The fraction of sp³-hybridized carbons (Fsp3) is 0.857. The Hall–Kier alpha value is -0.730. The van der Waals surface area contributed by atoms with Crippen molar-refractivity contribution in [3.63, 3.8) is 0 Å². The average Bonchev–Trinajstić information content (AvgIpc) is 3.10. The van der Waals surface area contributed by atoms with Gasteiger partial charge in [0.25, 0.3) is 0 Å². The molecule has 3 fully saturated rings. The predicted molar refractivity (Wildman–Crippen MR) is 137 cm³/mol. The highest BCUT2D eigenvalue weighted by Crippen LogP contribution is 2.67. The smallest absolute Gasteiger partial charge is 0.386 e. The van der Waals surface area contributed by atoms with Crippen molar-refractivity contribution in [2.24, 2.45) is 40.4 Å². The molecular formula is C28H46O6S. The van der Waals surface area contributed by atoms with Gasteiger partial charge in [-0.1, -0.05) is 58.4 Å². The van der Waals surface area contributed by atoms with Gasteiger partial charge in [0.2, 0.25) is 0 Å². The van der Waals surface area contributed by atoms with E-state index in [9.17, 15) is 18.6 Å². The van der Waals surface area contributed by atoms with Crippen LogP contribution in [0.25, 0.3) is 0 Å². The molecule has 0 aromatic rings. The van der Waals surface area contributed by atoms with Crippen LogP contribution in [0.2, 0.25) is 0 Å². The van der Waals surface area contributed by atoms with E-state index < -0.39 is 33.6 Å². The van der Waals surface area contributed by atoms with Crippen molar-refractivity contribution in [3.05, 3.63) is 23.8 Å². The number of aliphatic hydroxyl groups is 2. The van der Waals surface area contributed by atoms with Crippen molar-refractivity contribution in [1.82, 2.24) is 0 Å². The van der Waals surface area contributed by atoms with E-state index in [0.29, 0.717) is 36.5 Å². The molecule has 0 heterocycles. The number of allylic oxidation sites excluding steroid dienone is 2. The molecule has 200 valence electrons. The quantitative estimate of drug-likeness (QED) is 0.310. The van der Waals surface area contributed by atoms with E-state index in [2.05, 4.69) is 41.2 Å². The molecule has 0 aliphatic heterocycles. The minimum Gasteiger partial charge on any atom is -0.386 e. The molecule has 4 aliphatic rings. The summed E-state index contributed by atoms with van der Waals surface area (Å²) in [5, 5.41) is 23.0. The molecule has 0 saturated heterocycles. The summed E-state index contributed by atoms with van der Waals surface area (Å²) < 4.78 is 36.6. The number of rotatable bonds is 7. The van der Waals surface area contributed by atoms with Crippen molar-refractivity contribution in [3.8, 4) is 0 Å². The average molecular weight is 511 g/mol. The lowest BCUT2D eigenvalue weighted by atomic mass is 9.45. The van der Waals surface area contributed by atoms with Crippen LogP contribution in [-0.2, 0) is 14.6 Å². The maximum absolute atomic E-state index is 11.8. The fourth-order valence-corrected chi connectivity index (χ4v) is 9.17. The van der Waals surface area contributed by atoms with Crippen LogP contribution < -0.4 is 0 Å². The summed E-state index contributed by atoms with van der Waals surface area (Å²) in [6.45, 7) is 15.6. The molecule has 4 rings (SSSR count). The van der Waals surface area contributed by atoms with Crippen LogP contribution in [0.1, 0.15) is 92.4 Å². The Balaban J connectivity index is 1.57. The van der Waals surface area contributed by atoms with Gasteiger partial charge in [-0.25, -0.2) is 4.18 Å². The van der Waals surface area contributed by atoms with Crippen molar-refractivity contribution < 1.29 is 27.4 Å². The molecule has 3 N–H and O–H groups in total. The number of hydrogen-bond acceptors (Lipinski definition) is 5. The lowest BCUT2D eigenvalue weighted by Crippen LogP contribution is -2.65. The molecule has 7 heteroatoms. The SMILES string of the molecule is C=C(CCC(C)C1CCC2C3=CC(O)C4(O)CC(OS(=O)(=O)O)CCC4(C)C3CCC21C)C(C)C. The van der Waals surface area contributed by atoms with Crippen LogP contribution in [0.5, 0.6) is 0 Å². The summed E-state index contributed by atoms with van der Waals surface area (Å²) in [4.78, 5) is 0. The number of aliphatic hydroxyl groups excluding tert-OH is 1.